The molecular formula is C26H22F4N4O5. The largest absolute Gasteiger partial charge is 0.491 e. The molecule has 1 atom stereocenters. The number of ether oxygens (including phenoxy) is 3. The second-order valence-corrected chi connectivity index (χ2v) is 8.29. The number of nitrogens with one attached hydrogen (secondary N) is 1. The van der Waals surface area contributed by atoms with E-state index in [1.54, 1.807) is 13.0 Å². The third-order valence-electron chi connectivity index (χ3n) is 5.54. The van der Waals surface area contributed by atoms with Gasteiger partial charge in [-0.2, -0.15) is 0 Å². The van der Waals surface area contributed by atoms with Gasteiger partial charge in [0.25, 0.3) is 5.91 Å². The summed E-state index contributed by atoms with van der Waals surface area (Å²) >= 11 is 0. The lowest BCUT2D eigenvalue weighted by molar-refractivity contribution is 0.0854. The number of hydrogen-bond acceptors (Lipinski definition) is 6. The highest BCUT2D eigenvalue weighted by Gasteiger charge is 2.23. The normalized spacial score (nSPS) is 11.7. The number of fused-ring (bicyclic) bond motifs is 1. The van der Waals surface area contributed by atoms with Crippen molar-refractivity contribution in [3.05, 3.63) is 94.9 Å². The number of hydrogen-bond donors (Lipinski definition) is 2. The van der Waals surface area contributed by atoms with E-state index in [1.165, 1.54) is 28.8 Å². The van der Waals surface area contributed by atoms with Crippen LogP contribution in [0.25, 0.3) is 5.65 Å². The number of carbonyl (C=O) groups is 2. The first-order valence-electron chi connectivity index (χ1n) is 11.5. The van der Waals surface area contributed by atoms with E-state index < -0.39 is 47.9 Å². The van der Waals surface area contributed by atoms with Gasteiger partial charge in [0.05, 0.1) is 17.3 Å². The Kier molecular flexibility index (Phi) is 8.18. The summed E-state index contributed by atoms with van der Waals surface area (Å²) in [6, 6.07) is 8.48. The SMILES string of the molecule is Cc1nc2c(OCc3c(F)cccc3F)cccn2c1C(=O)NC(COC(N)=O)COc1ccc(F)c(F)c1. The molecule has 0 bridgehead atoms. The molecule has 3 N–H and O–H groups in total. The third-order valence-corrected chi connectivity index (χ3v) is 5.54. The Balaban J connectivity index is 1.53. The van der Waals surface area contributed by atoms with Crippen molar-refractivity contribution in [3.8, 4) is 11.5 Å². The molecule has 2 heterocycles. The minimum atomic E-state index is -1.13. The van der Waals surface area contributed by atoms with Crippen LogP contribution in [0.15, 0.2) is 54.7 Å². The van der Waals surface area contributed by atoms with Crippen molar-refractivity contribution >= 4 is 17.6 Å². The van der Waals surface area contributed by atoms with Gasteiger partial charge in [0, 0.05) is 12.3 Å². The molecule has 2 aromatic heterocycles. The van der Waals surface area contributed by atoms with E-state index in [2.05, 4.69) is 10.3 Å². The number of imidazole rings is 1. The van der Waals surface area contributed by atoms with Crippen LogP contribution in [0.2, 0.25) is 0 Å². The number of pyridine rings is 1. The van der Waals surface area contributed by atoms with E-state index in [9.17, 15) is 27.2 Å². The maximum Gasteiger partial charge on any atom is 0.404 e. The van der Waals surface area contributed by atoms with Crippen LogP contribution in [0.4, 0.5) is 22.4 Å². The Morgan fingerprint density at radius 1 is 0.974 bits per heavy atom. The molecule has 2 amide bonds. The number of primary amides is 1. The van der Waals surface area contributed by atoms with Crippen LogP contribution in [0.1, 0.15) is 21.7 Å². The van der Waals surface area contributed by atoms with Gasteiger partial charge in [-0.3, -0.25) is 9.20 Å². The van der Waals surface area contributed by atoms with Crippen molar-refractivity contribution in [1.82, 2.24) is 14.7 Å². The molecule has 39 heavy (non-hydrogen) atoms. The minimum Gasteiger partial charge on any atom is -0.491 e. The molecule has 0 spiro atoms. The fourth-order valence-corrected chi connectivity index (χ4v) is 3.69. The van der Waals surface area contributed by atoms with Crippen molar-refractivity contribution in [2.75, 3.05) is 13.2 Å². The summed E-state index contributed by atoms with van der Waals surface area (Å²) in [5, 5.41) is 2.63. The number of aromatic nitrogens is 2. The number of halogens is 4. The summed E-state index contributed by atoms with van der Waals surface area (Å²) < 4.78 is 72.0. The van der Waals surface area contributed by atoms with Crippen LogP contribution in [0, 0.1) is 30.2 Å². The van der Waals surface area contributed by atoms with E-state index in [0.29, 0.717) is 0 Å². The fraction of sp³-hybridized carbons (Fsp3) is 0.192. The zero-order valence-corrected chi connectivity index (χ0v) is 20.4. The molecular weight excluding hydrogens is 524 g/mol. The standard InChI is InChI=1S/C26H22F4N4O5/c1-14-23(25(35)33-15(12-39-26(31)36)11-37-16-7-8-20(29)21(30)10-16)34-9-3-6-22(24(34)32-14)38-13-17-18(27)4-2-5-19(17)28/h2-10,15H,11-13H2,1H3,(H2,31,36)(H,33,35). The van der Waals surface area contributed by atoms with Gasteiger partial charge in [-0.1, -0.05) is 6.07 Å². The van der Waals surface area contributed by atoms with Crippen LogP contribution >= 0.6 is 0 Å². The second kappa shape index (κ2) is 11.7. The van der Waals surface area contributed by atoms with Gasteiger partial charge < -0.3 is 25.3 Å². The number of amides is 2. The Hall–Kier alpha value is -4.81. The lowest BCUT2D eigenvalue weighted by Crippen LogP contribution is -2.43. The van der Waals surface area contributed by atoms with Crippen LogP contribution in [0.3, 0.4) is 0 Å². The highest BCUT2D eigenvalue weighted by atomic mass is 19.2. The summed E-state index contributed by atoms with van der Waals surface area (Å²) in [6.07, 6.45) is 0.439. The van der Waals surface area contributed by atoms with Crippen molar-refractivity contribution in [1.29, 1.82) is 0 Å². The first-order chi connectivity index (χ1) is 18.6. The van der Waals surface area contributed by atoms with Gasteiger partial charge in [0.1, 0.15) is 42.9 Å². The van der Waals surface area contributed by atoms with E-state index in [0.717, 1.165) is 24.3 Å². The molecule has 0 aliphatic rings. The number of nitrogens with two attached hydrogens (primary N) is 1. The summed E-state index contributed by atoms with van der Waals surface area (Å²) in [7, 11) is 0. The summed E-state index contributed by atoms with van der Waals surface area (Å²) in [5.41, 5.74) is 5.35. The topological polar surface area (TPSA) is 117 Å². The van der Waals surface area contributed by atoms with E-state index in [4.69, 9.17) is 19.9 Å². The maximum absolute atomic E-state index is 14.0. The van der Waals surface area contributed by atoms with Gasteiger partial charge in [0.15, 0.2) is 23.0 Å². The predicted molar refractivity (Wildman–Crippen MR) is 129 cm³/mol. The summed E-state index contributed by atoms with van der Waals surface area (Å²) in [4.78, 5) is 28.7. The molecule has 0 saturated heterocycles. The third kappa shape index (κ3) is 6.37. The number of aryl methyl sites for hydroxylation is 1. The van der Waals surface area contributed by atoms with Crippen molar-refractivity contribution in [2.24, 2.45) is 5.73 Å². The molecule has 13 heteroatoms. The quantitative estimate of drug-likeness (QED) is 0.290. The zero-order chi connectivity index (χ0) is 28.1. The molecule has 2 aromatic carbocycles. The molecule has 0 fully saturated rings. The van der Waals surface area contributed by atoms with Crippen molar-refractivity contribution in [2.45, 2.75) is 19.6 Å². The molecule has 4 rings (SSSR count). The average molecular weight is 546 g/mol. The van der Waals surface area contributed by atoms with Crippen LogP contribution < -0.4 is 20.5 Å². The van der Waals surface area contributed by atoms with E-state index in [1.807, 2.05) is 0 Å². The first kappa shape index (κ1) is 27.2. The van der Waals surface area contributed by atoms with E-state index >= 15 is 0 Å². The summed E-state index contributed by atoms with van der Waals surface area (Å²) in [5.74, 6) is -4.23. The molecule has 204 valence electrons. The highest BCUT2D eigenvalue weighted by Crippen LogP contribution is 2.24. The molecule has 0 aliphatic heterocycles. The van der Waals surface area contributed by atoms with Crippen molar-refractivity contribution in [3.63, 3.8) is 0 Å². The number of benzene rings is 2. The van der Waals surface area contributed by atoms with Gasteiger partial charge in [-0.05, 0) is 43.3 Å². The zero-order valence-electron chi connectivity index (χ0n) is 20.4. The Bertz CT molecular complexity index is 1510. The number of rotatable bonds is 10. The fourth-order valence-electron chi connectivity index (χ4n) is 3.69. The average Bonchev–Trinajstić information content (AvgIpc) is 3.23. The Labute approximate surface area is 219 Å². The molecule has 0 radical (unpaired) electrons. The monoisotopic (exact) mass is 546 g/mol. The highest BCUT2D eigenvalue weighted by molar-refractivity contribution is 5.95. The van der Waals surface area contributed by atoms with Gasteiger partial charge in [0.2, 0.25) is 0 Å². The molecule has 4 aromatic rings. The number of carbonyl (C=O) groups excluding carboxylic acids is 2. The number of nitrogens with zero attached hydrogens (tertiary/aromatic N) is 2. The molecule has 1 unspecified atom stereocenters. The minimum absolute atomic E-state index is 0.0220. The second-order valence-electron chi connectivity index (χ2n) is 8.29. The van der Waals surface area contributed by atoms with Gasteiger partial charge >= 0.3 is 6.09 Å². The smallest absolute Gasteiger partial charge is 0.404 e. The van der Waals surface area contributed by atoms with E-state index in [-0.39, 0.29) is 47.3 Å². The predicted octanol–water partition coefficient (Wildman–Crippen LogP) is 4.05. The van der Waals surface area contributed by atoms with Crippen molar-refractivity contribution < 1.29 is 41.4 Å². The Morgan fingerprint density at radius 3 is 2.41 bits per heavy atom. The van der Waals surface area contributed by atoms with Gasteiger partial charge in [-0.25, -0.2) is 27.3 Å². The lowest BCUT2D eigenvalue weighted by atomic mass is 10.2. The van der Waals surface area contributed by atoms with Crippen LogP contribution in [0.5, 0.6) is 11.5 Å². The molecule has 0 saturated carbocycles. The Morgan fingerprint density at radius 2 is 1.72 bits per heavy atom. The van der Waals surface area contributed by atoms with Gasteiger partial charge in [-0.15, -0.1) is 0 Å². The summed E-state index contributed by atoms with van der Waals surface area (Å²) in [6.45, 7) is 0.472. The lowest BCUT2D eigenvalue weighted by Gasteiger charge is -2.19. The van der Waals surface area contributed by atoms with Crippen LogP contribution in [-0.2, 0) is 11.3 Å². The maximum atomic E-state index is 14.0. The molecule has 9 nitrogen and oxygen atoms in total. The first-order valence-corrected chi connectivity index (χ1v) is 11.5. The van der Waals surface area contributed by atoms with Crippen LogP contribution in [-0.4, -0.2) is 40.6 Å². The molecule has 0 aliphatic carbocycles.